The van der Waals surface area contributed by atoms with Gasteiger partial charge in [-0.3, -0.25) is 0 Å². The molecule has 1 aliphatic carbocycles. The van der Waals surface area contributed by atoms with Crippen molar-refractivity contribution in [3.63, 3.8) is 0 Å². The molecule has 1 heterocycles. The first-order chi connectivity index (χ1) is 7.39. The van der Waals surface area contributed by atoms with Crippen LogP contribution < -0.4 is 5.73 Å². The summed E-state index contributed by atoms with van der Waals surface area (Å²) in [6.45, 7) is 1.86. The lowest BCUT2D eigenvalue weighted by molar-refractivity contribution is 0.462. The number of rotatable bonds is 2. The predicted octanol–water partition coefficient (Wildman–Crippen LogP) is 0.912. The van der Waals surface area contributed by atoms with Crippen LogP contribution in [0.5, 0.6) is 0 Å². The van der Waals surface area contributed by atoms with E-state index in [1.807, 2.05) is 6.92 Å². The Kier molecular flexibility index (Phi) is 2.69. The van der Waals surface area contributed by atoms with Crippen molar-refractivity contribution in [3.8, 4) is 0 Å². The molecule has 1 aliphatic rings. The molecular formula is C10H17N3O2S. The third kappa shape index (κ3) is 1.93. The van der Waals surface area contributed by atoms with Gasteiger partial charge in [0.2, 0.25) is 0 Å². The number of aromatic nitrogens is 2. The van der Waals surface area contributed by atoms with Crippen molar-refractivity contribution >= 4 is 15.7 Å². The van der Waals surface area contributed by atoms with Gasteiger partial charge >= 0.3 is 0 Å². The van der Waals surface area contributed by atoms with E-state index in [0.717, 1.165) is 18.5 Å². The third-order valence-electron chi connectivity index (χ3n) is 3.17. The van der Waals surface area contributed by atoms with Crippen LogP contribution in [0.15, 0.2) is 6.07 Å². The Morgan fingerprint density at radius 1 is 1.50 bits per heavy atom. The Labute approximate surface area is 95.6 Å². The van der Waals surface area contributed by atoms with E-state index in [9.17, 15) is 8.42 Å². The smallest absolute Gasteiger partial charge is 0.152 e. The van der Waals surface area contributed by atoms with Gasteiger partial charge in [0.15, 0.2) is 9.84 Å². The van der Waals surface area contributed by atoms with E-state index in [1.54, 1.807) is 10.7 Å². The molecule has 0 amide bonds. The zero-order valence-corrected chi connectivity index (χ0v) is 10.4. The average Bonchev–Trinajstić information content (AvgIpc) is 2.69. The molecule has 5 nitrogen and oxygen atoms in total. The zero-order valence-electron chi connectivity index (χ0n) is 9.55. The summed E-state index contributed by atoms with van der Waals surface area (Å²) in [5, 5.41) is 3.94. The van der Waals surface area contributed by atoms with E-state index in [2.05, 4.69) is 5.10 Å². The summed E-state index contributed by atoms with van der Waals surface area (Å²) in [4.78, 5) is 0. The molecule has 0 radical (unpaired) electrons. The lowest BCUT2D eigenvalue weighted by Gasteiger charge is -2.19. The number of nitrogens with zero attached hydrogens (tertiary/aromatic N) is 2. The third-order valence-corrected chi connectivity index (χ3v) is 4.82. The van der Waals surface area contributed by atoms with Crippen LogP contribution in [0.3, 0.4) is 0 Å². The number of sulfone groups is 1. The van der Waals surface area contributed by atoms with Crippen molar-refractivity contribution in [1.82, 2.24) is 9.78 Å². The number of anilines is 1. The van der Waals surface area contributed by atoms with E-state index < -0.39 is 9.84 Å². The number of hydrogen-bond acceptors (Lipinski definition) is 4. The molecule has 0 aliphatic heterocycles. The van der Waals surface area contributed by atoms with Gasteiger partial charge in [0.25, 0.3) is 0 Å². The molecule has 1 fully saturated rings. The lowest BCUT2D eigenvalue weighted by atomic mass is 10.2. The Balaban J connectivity index is 2.37. The summed E-state index contributed by atoms with van der Waals surface area (Å²) in [5.41, 5.74) is 6.66. The molecule has 0 spiro atoms. The van der Waals surface area contributed by atoms with Crippen molar-refractivity contribution in [3.05, 3.63) is 11.8 Å². The minimum Gasteiger partial charge on any atom is -0.384 e. The summed E-state index contributed by atoms with van der Waals surface area (Å²) in [6.07, 6.45) is 3.76. The van der Waals surface area contributed by atoms with E-state index in [-0.39, 0.29) is 11.3 Å². The molecule has 1 aromatic rings. The maximum atomic E-state index is 11.7. The molecule has 6 heteroatoms. The van der Waals surface area contributed by atoms with Crippen LogP contribution in [0.2, 0.25) is 0 Å². The van der Waals surface area contributed by atoms with Crippen LogP contribution in [-0.4, -0.2) is 29.7 Å². The lowest BCUT2D eigenvalue weighted by Crippen LogP contribution is -2.28. The number of nitrogen functional groups attached to an aromatic ring is 1. The van der Waals surface area contributed by atoms with Gasteiger partial charge in [-0.15, -0.1) is 0 Å². The number of nitrogens with two attached hydrogens (primary N) is 1. The highest BCUT2D eigenvalue weighted by Gasteiger charge is 2.37. The first-order valence-corrected chi connectivity index (χ1v) is 7.35. The standard InChI is InChI=1S/C10H17N3O2S/c1-7-6-10(11)13(12-7)8-4-3-5-9(8)16(2,14)15/h6,8-9H,3-5,11H2,1-2H3. The van der Waals surface area contributed by atoms with Crippen LogP contribution in [-0.2, 0) is 9.84 Å². The molecule has 2 N–H and O–H groups in total. The van der Waals surface area contributed by atoms with Crippen LogP contribution in [0.25, 0.3) is 0 Å². The highest BCUT2D eigenvalue weighted by Crippen LogP contribution is 2.35. The van der Waals surface area contributed by atoms with E-state index in [0.29, 0.717) is 12.2 Å². The van der Waals surface area contributed by atoms with Crippen molar-refractivity contribution < 1.29 is 8.42 Å². The van der Waals surface area contributed by atoms with Gasteiger partial charge in [-0.05, 0) is 26.2 Å². The molecule has 16 heavy (non-hydrogen) atoms. The van der Waals surface area contributed by atoms with Crippen molar-refractivity contribution in [2.24, 2.45) is 0 Å². The number of aryl methyl sites for hydroxylation is 1. The topological polar surface area (TPSA) is 78.0 Å². The minimum atomic E-state index is -3.02. The Hall–Kier alpha value is -1.04. The van der Waals surface area contributed by atoms with Crippen LogP contribution in [0, 0.1) is 6.92 Å². The quantitative estimate of drug-likeness (QED) is 0.837. The normalized spacial score (nSPS) is 26.1. The van der Waals surface area contributed by atoms with Crippen molar-refractivity contribution in [1.29, 1.82) is 0 Å². The first-order valence-electron chi connectivity index (χ1n) is 5.40. The van der Waals surface area contributed by atoms with Gasteiger partial charge in [0, 0.05) is 12.3 Å². The molecule has 2 rings (SSSR count). The molecule has 1 saturated carbocycles. The Morgan fingerprint density at radius 3 is 2.69 bits per heavy atom. The largest absolute Gasteiger partial charge is 0.384 e. The first kappa shape index (κ1) is 11.4. The molecule has 2 atom stereocenters. The molecule has 0 aromatic carbocycles. The van der Waals surface area contributed by atoms with E-state index in [1.165, 1.54) is 6.26 Å². The van der Waals surface area contributed by atoms with E-state index in [4.69, 9.17) is 5.73 Å². The maximum Gasteiger partial charge on any atom is 0.152 e. The summed E-state index contributed by atoms with van der Waals surface area (Å²) in [6, 6.07) is 1.68. The maximum absolute atomic E-state index is 11.7. The zero-order chi connectivity index (χ0) is 11.9. The van der Waals surface area contributed by atoms with Crippen molar-refractivity contribution in [2.45, 2.75) is 37.5 Å². The summed E-state index contributed by atoms with van der Waals surface area (Å²) in [7, 11) is -3.02. The highest BCUT2D eigenvalue weighted by atomic mass is 32.2. The van der Waals surface area contributed by atoms with Crippen LogP contribution in [0.1, 0.15) is 31.0 Å². The minimum absolute atomic E-state index is 0.0938. The molecule has 0 bridgehead atoms. The molecule has 1 aromatic heterocycles. The second-order valence-corrected chi connectivity index (χ2v) is 6.79. The van der Waals surface area contributed by atoms with Gasteiger partial charge in [-0.25, -0.2) is 13.1 Å². The Bertz CT molecular complexity index is 492. The SMILES string of the molecule is Cc1cc(N)n(C2CCCC2S(C)(=O)=O)n1. The fourth-order valence-electron chi connectivity index (χ4n) is 2.49. The monoisotopic (exact) mass is 243 g/mol. The second kappa shape index (κ2) is 3.76. The van der Waals surface area contributed by atoms with Crippen LogP contribution >= 0.6 is 0 Å². The summed E-state index contributed by atoms with van der Waals surface area (Å²) >= 11 is 0. The molecular weight excluding hydrogens is 226 g/mol. The van der Waals surface area contributed by atoms with Gasteiger partial charge in [-0.2, -0.15) is 5.10 Å². The fraction of sp³-hybridized carbons (Fsp3) is 0.700. The second-order valence-electron chi connectivity index (χ2n) is 4.52. The predicted molar refractivity (Wildman–Crippen MR) is 62.9 cm³/mol. The van der Waals surface area contributed by atoms with Gasteiger partial charge in [0.05, 0.1) is 17.0 Å². The Morgan fingerprint density at radius 2 is 2.19 bits per heavy atom. The summed E-state index contributed by atoms with van der Waals surface area (Å²) < 4.78 is 25.0. The van der Waals surface area contributed by atoms with E-state index >= 15 is 0 Å². The molecule has 2 unspecified atom stereocenters. The fourth-order valence-corrected chi connectivity index (χ4v) is 3.90. The van der Waals surface area contributed by atoms with Gasteiger partial charge in [0.1, 0.15) is 5.82 Å². The molecule has 0 saturated heterocycles. The van der Waals surface area contributed by atoms with Crippen LogP contribution in [0.4, 0.5) is 5.82 Å². The van der Waals surface area contributed by atoms with Gasteiger partial charge < -0.3 is 5.73 Å². The number of hydrogen-bond donors (Lipinski definition) is 1. The summed E-state index contributed by atoms with van der Waals surface area (Å²) in [5.74, 6) is 0.554. The highest BCUT2D eigenvalue weighted by molar-refractivity contribution is 7.91. The molecule has 90 valence electrons. The van der Waals surface area contributed by atoms with Crippen molar-refractivity contribution in [2.75, 3.05) is 12.0 Å². The van der Waals surface area contributed by atoms with Gasteiger partial charge in [-0.1, -0.05) is 0 Å². The average molecular weight is 243 g/mol.